The summed E-state index contributed by atoms with van der Waals surface area (Å²) in [6.07, 6.45) is 0. The molecule has 0 aliphatic rings. The van der Waals surface area contributed by atoms with E-state index < -0.39 is 0 Å². The topological polar surface area (TPSA) is 23.0 Å². The number of fused-ring (bicyclic) bond motifs is 13. The summed E-state index contributed by atoms with van der Waals surface area (Å²) in [5, 5.41) is 12.3. The molecule has 0 N–H and O–H groups in total. The highest BCUT2D eigenvalue weighted by Crippen LogP contribution is 2.45. The molecular formula is C44H26N2O. The van der Waals surface area contributed by atoms with Crippen LogP contribution in [0.5, 0.6) is 0 Å². The van der Waals surface area contributed by atoms with E-state index in [0.29, 0.717) is 0 Å². The Morgan fingerprint density at radius 2 is 0.979 bits per heavy atom. The summed E-state index contributed by atoms with van der Waals surface area (Å²) in [4.78, 5) is 0. The van der Waals surface area contributed by atoms with Crippen molar-refractivity contribution < 1.29 is 4.42 Å². The molecule has 0 atom stereocenters. The Kier molecular flexibility index (Phi) is 4.84. The van der Waals surface area contributed by atoms with Crippen LogP contribution in [0.4, 0.5) is 0 Å². The van der Waals surface area contributed by atoms with Crippen LogP contribution in [0.1, 0.15) is 0 Å². The highest BCUT2D eigenvalue weighted by atomic mass is 16.3. The summed E-state index contributed by atoms with van der Waals surface area (Å²) >= 11 is 0. The first-order chi connectivity index (χ1) is 23.3. The molecule has 47 heavy (non-hydrogen) atoms. The Balaban J connectivity index is 1.37. The van der Waals surface area contributed by atoms with E-state index in [9.17, 15) is 0 Å². The molecule has 3 heterocycles. The molecule has 0 fully saturated rings. The van der Waals surface area contributed by atoms with Gasteiger partial charge in [-0.05, 0) is 64.7 Å². The minimum atomic E-state index is 0.903. The summed E-state index contributed by atoms with van der Waals surface area (Å²) in [7, 11) is 0. The fourth-order valence-electron chi connectivity index (χ4n) is 8.12. The van der Waals surface area contributed by atoms with E-state index in [1.807, 2.05) is 6.07 Å². The number of hydrogen-bond acceptors (Lipinski definition) is 1. The van der Waals surface area contributed by atoms with Gasteiger partial charge in [-0.25, -0.2) is 0 Å². The third kappa shape index (κ3) is 3.30. The normalized spacial score (nSPS) is 12.3. The minimum Gasteiger partial charge on any atom is -0.456 e. The zero-order valence-electron chi connectivity index (χ0n) is 25.3. The van der Waals surface area contributed by atoms with E-state index in [-0.39, 0.29) is 0 Å². The molecule has 0 radical (unpaired) electrons. The van der Waals surface area contributed by atoms with Crippen LogP contribution in [-0.4, -0.2) is 9.13 Å². The molecule has 0 aliphatic carbocycles. The van der Waals surface area contributed by atoms with Crippen LogP contribution in [0.15, 0.2) is 162 Å². The number of furan rings is 1. The van der Waals surface area contributed by atoms with E-state index in [2.05, 4.69) is 161 Å². The Morgan fingerprint density at radius 1 is 0.340 bits per heavy atom. The first-order valence-electron chi connectivity index (χ1n) is 16.1. The van der Waals surface area contributed by atoms with Crippen LogP contribution >= 0.6 is 0 Å². The van der Waals surface area contributed by atoms with Gasteiger partial charge in [-0.3, -0.25) is 0 Å². The van der Waals surface area contributed by atoms with Crippen LogP contribution in [0.25, 0.3) is 98.5 Å². The SMILES string of the molecule is c1ccc(-n2c3cc4oc5ccccc5c4cc3c3c4c5ccccc5n(-c5cc6ccccc6c6ccccc56)c4ccc32)cc1. The highest BCUT2D eigenvalue weighted by molar-refractivity contribution is 6.31. The van der Waals surface area contributed by atoms with Gasteiger partial charge < -0.3 is 13.6 Å². The summed E-state index contributed by atoms with van der Waals surface area (Å²) in [5.74, 6) is 0. The summed E-state index contributed by atoms with van der Waals surface area (Å²) in [5.41, 5.74) is 8.86. The molecule has 0 aliphatic heterocycles. The zero-order chi connectivity index (χ0) is 30.6. The fraction of sp³-hybridized carbons (Fsp3) is 0. The molecule has 218 valence electrons. The quantitative estimate of drug-likeness (QED) is 0.182. The monoisotopic (exact) mass is 598 g/mol. The average Bonchev–Trinajstić information content (AvgIpc) is 3.77. The van der Waals surface area contributed by atoms with Crippen molar-refractivity contribution in [1.29, 1.82) is 0 Å². The van der Waals surface area contributed by atoms with Crippen molar-refractivity contribution in [3.63, 3.8) is 0 Å². The van der Waals surface area contributed by atoms with Gasteiger partial charge in [0.2, 0.25) is 0 Å². The van der Waals surface area contributed by atoms with Gasteiger partial charge >= 0.3 is 0 Å². The zero-order valence-corrected chi connectivity index (χ0v) is 25.3. The number of nitrogens with zero attached hydrogens (tertiary/aromatic N) is 2. The lowest BCUT2D eigenvalue weighted by Crippen LogP contribution is -1.96. The summed E-state index contributed by atoms with van der Waals surface area (Å²) < 4.78 is 11.3. The minimum absolute atomic E-state index is 0.903. The second-order valence-electron chi connectivity index (χ2n) is 12.5. The van der Waals surface area contributed by atoms with Gasteiger partial charge in [-0.15, -0.1) is 0 Å². The Morgan fingerprint density at radius 3 is 1.83 bits per heavy atom. The first-order valence-corrected chi connectivity index (χ1v) is 16.1. The van der Waals surface area contributed by atoms with E-state index >= 15 is 0 Å². The lowest BCUT2D eigenvalue weighted by molar-refractivity contribution is 0.669. The van der Waals surface area contributed by atoms with Crippen molar-refractivity contribution in [2.45, 2.75) is 0 Å². The molecule has 0 saturated carbocycles. The molecule has 11 rings (SSSR count). The standard InChI is InChI=1S/C44H26N2O/c1-2-13-28(14-3-1)45-37-22-23-38-43(44(37)35-25-34-32-18-9-11-21-41(32)47-42(34)26-40(35)45)33-19-8-10-20-36(33)46(38)39-24-27-12-4-5-15-29(27)30-16-6-7-17-31(30)39/h1-26H. The van der Waals surface area contributed by atoms with Crippen LogP contribution in [0.2, 0.25) is 0 Å². The van der Waals surface area contributed by atoms with Crippen molar-refractivity contribution in [2.75, 3.05) is 0 Å². The maximum atomic E-state index is 6.43. The van der Waals surface area contributed by atoms with E-state index in [4.69, 9.17) is 4.42 Å². The van der Waals surface area contributed by atoms with Crippen molar-refractivity contribution in [3.8, 4) is 11.4 Å². The molecule has 3 aromatic heterocycles. The predicted molar refractivity (Wildman–Crippen MR) is 197 cm³/mol. The molecule has 8 aromatic carbocycles. The van der Waals surface area contributed by atoms with Gasteiger partial charge in [0.25, 0.3) is 0 Å². The number of aromatic nitrogens is 2. The molecule has 0 amide bonds. The number of para-hydroxylation sites is 3. The second kappa shape index (κ2) is 9.12. The first kappa shape index (κ1) is 24.9. The smallest absolute Gasteiger partial charge is 0.137 e. The summed E-state index contributed by atoms with van der Waals surface area (Å²) in [6, 6.07) is 57.0. The molecule has 3 nitrogen and oxygen atoms in total. The van der Waals surface area contributed by atoms with Crippen LogP contribution in [0, 0.1) is 0 Å². The second-order valence-corrected chi connectivity index (χ2v) is 12.5. The molecule has 0 bridgehead atoms. The predicted octanol–water partition coefficient (Wildman–Crippen LogP) is 12.1. The lowest BCUT2D eigenvalue weighted by Gasteiger charge is -2.14. The van der Waals surface area contributed by atoms with Gasteiger partial charge in [-0.2, -0.15) is 0 Å². The average molecular weight is 599 g/mol. The molecular weight excluding hydrogens is 572 g/mol. The van der Waals surface area contributed by atoms with Gasteiger partial charge in [0.15, 0.2) is 0 Å². The Bertz CT molecular complexity index is 3070. The highest BCUT2D eigenvalue weighted by Gasteiger charge is 2.23. The fourth-order valence-corrected chi connectivity index (χ4v) is 8.12. The van der Waals surface area contributed by atoms with Gasteiger partial charge in [0.05, 0.1) is 27.8 Å². The molecule has 0 saturated heterocycles. The number of rotatable bonds is 2. The Hall–Kier alpha value is -6.32. The molecule has 0 unspecified atom stereocenters. The molecule has 3 heteroatoms. The third-order valence-electron chi connectivity index (χ3n) is 10.1. The van der Waals surface area contributed by atoms with Crippen LogP contribution in [-0.2, 0) is 0 Å². The van der Waals surface area contributed by atoms with Gasteiger partial charge in [-0.1, -0.05) is 103 Å². The van der Waals surface area contributed by atoms with E-state index in [0.717, 1.165) is 33.1 Å². The van der Waals surface area contributed by atoms with Crippen LogP contribution in [0.3, 0.4) is 0 Å². The van der Waals surface area contributed by atoms with E-state index in [1.165, 1.54) is 65.3 Å². The molecule has 11 aromatic rings. The lowest BCUT2D eigenvalue weighted by atomic mass is 10.00. The van der Waals surface area contributed by atoms with Gasteiger partial charge in [0.1, 0.15) is 11.2 Å². The van der Waals surface area contributed by atoms with Crippen LogP contribution < -0.4 is 0 Å². The Labute approximate surface area is 269 Å². The number of hydrogen-bond donors (Lipinski definition) is 0. The summed E-state index contributed by atoms with van der Waals surface area (Å²) in [6.45, 7) is 0. The van der Waals surface area contributed by atoms with E-state index in [1.54, 1.807) is 0 Å². The molecule has 0 spiro atoms. The largest absolute Gasteiger partial charge is 0.456 e. The third-order valence-corrected chi connectivity index (χ3v) is 10.1. The van der Waals surface area contributed by atoms with Crippen molar-refractivity contribution in [3.05, 3.63) is 158 Å². The van der Waals surface area contributed by atoms with Crippen molar-refractivity contribution >= 4 is 87.1 Å². The maximum absolute atomic E-state index is 6.43. The van der Waals surface area contributed by atoms with Gasteiger partial charge in [0, 0.05) is 49.5 Å². The van der Waals surface area contributed by atoms with Crippen molar-refractivity contribution in [2.24, 2.45) is 0 Å². The van der Waals surface area contributed by atoms with Crippen molar-refractivity contribution in [1.82, 2.24) is 9.13 Å². The maximum Gasteiger partial charge on any atom is 0.137 e. The number of benzene rings is 8.